The molecule has 0 saturated heterocycles. The molecule has 0 spiro atoms. The molecule has 2 rings (SSSR count). The molecule has 22 heavy (non-hydrogen) atoms. The van der Waals surface area contributed by atoms with Crippen molar-refractivity contribution in [1.29, 1.82) is 0 Å². The van der Waals surface area contributed by atoms with E-state index >= 15 is 0 Å². The molecule has 5 nitrogen and oxygen atoms in total. The van der Waals surface area contributed by atoms with Crippen LogP contribution in [0.15, 0.2) is 36.5 Å². The third-order valence-corrected chi connectivity index (χ3v) is 2.86. The first-order valence-corrected chi connectivity index (χ1v) is 6.22. The molecule has 0 fully saturated rings. The van der Waals surface area contributed by atoms with Crippen LogP contribution in [0.4, 0.5) is 8.78 Å². The first-order chi connectivity index (χ1) is 10.5. The molecule has 0 bridgehead atoms. The van der Waals surface area contributed by atoms with Crippen LogP contribution in [0.25, 0.3) is 11.3 Å². The van der Waals surface area contributed by atoms with Gasteiger partial charge in [-0.15, -0.1) is 0 Å². The average molecular weight is 309 g/mol. The summed E-state index contributed by atoms with van der Waals surface area (Å²) in [4.78, 5) is 16.0. The van der Waals surface area contributed by atoms with Crippen LogP contribution in [0.1, 0.15) is 10.4 Å². The lowest BCUT2D eigenvalue weighted by molar-refractivity contribution is -0.0498. The Balaban J connectivity index is 2.40. The maximum atomic E-state index is 12.1. The molecule has 0 saturated carbocycles. The van der Waals surface area contributed by atoms with Gasteiger partial charge in [-0.25, -0.2) is 4.79 Å². The Morgan fingerprint density at radius 3 is 2.36 bits per heavy atom. The maximum absolute atomic E-state index is 12.1. The zero-order chi connectivity index (χ0) is 16.1. The van der Waals surface area contributed by atoms with E-state index in [9.17, 15) is 13.6 Å². The number of nitrogens with zero attached hydrogens (tertiary/aromatic N) is 1. The normalized spacial score (nSPS) is 10.4. The number of carbonyl (C=O) groups is 1. The number of esters is 1. The number of aromatic nitrogens is 1. The summed E-state index contributed by atoms with van der Waals surface area (Å²) in [7, 11) is 2.71. The highest BCUT2D eigenvalue weighted by Gasteiger charge is 2.16. The SMILES string of the molecule is COC(=O)c1cc(OC)cnc1-c1ccc(OC(F)F)cc1. The third-order valence-electron chi connectivity index (χ3n) is 2.86. The summed E-state index contributed by atoms with van der Waals surface area (Å²) in [5.74, 6) is -0.150. The molecule has 0 atom stereocenters. The lowest BCUT2D eigenvalue weighted by atomic mass is 10.1. The van der Waals surface area contributed by atoms with Gasteiger partial charge in [0.25, 0.3) is 0 Å². The zero-order valence-electron chi connectivity index (χ0n) is 11.9. The fourth-order valence-corrected chi connectivity index (χ4v) is 1.85. The highest BCUT2D eigenvalue weighted by atomic mass is 19.3. The Bertz CT molecular complexity index is 659. The van der Waals surface area contributed by atoms with Crippen molar-refractivity contribution in [2.24, 2.45) is 0 Å². The Hall–Kier alpha value is -2.70. The Labute approximate surface area is 125 Å². The molecule has 116 valence electrons. The predicted molar refractivity (Wildman–Crippen MR) is 74.2 cm³/mol. The van der Waals surface area contributed by atoms with Crippen LogP contribution in [0.3, 0.4) is 0 Å². The number of hydrogen-bond acceptors (Lipinski definition) is 5. The second-order valence-corrected chi connectivity index (χ2v) is 4.17. The van der Waals surface area contributed by atoms with Gasteiger partial charge in [-0.2, -0.15) is 8.78 Å². The number of carbonyl (C=O) groups excluding carboxylic acids is 1. The van der Waals surface area contributed by atoms with Crippen molar-refractivity contribution >= 4 is 5.97 Å². The molecule has 0 radical (unpaired) electrons. The van der Waals surface area contributed by atoms with Gasteiger partial charge in [0, 0.05) is 5.56 Å². The van der Waals surface area contributed by atoms with Gasteiger partial charge in [0.15, 0.2) is 0 Å². The van der Waals surface area contributed by atoms with E-state index in [1.54, 1.807) is 0 Å². The lowest BCUT2D eigenvalue weighted by Gasteiger charge is -2.10. The van der Waals surface area contributed by atoms with Gasteiger partial charge in [-0.05, 0) is 30.3 Å². The van der Waals surface area contributed by atoms with Gasteiger partial charge < -0.3 is 14.2 Å². The van der Waals surface area contributed by atoms with Gasteiger partial charge in [0.05, 0.1) is 31.7 Å². The lowest BCUT2D eigenvalue weighted by Crippen LogP contribution is -2.06. The molecule has 1 aromatic heterocycles. The van der Waals surface area contributed by atoms with E-state index in [4.69, 9.17) is 9.47 Å². The molecular weight excluding hydrogens is 296 g/mol. The molecule has 1 heterocycles. The van der Waals surface area contributed by atoms with Gasteiger partial charge >= 0.3 is 12.6 Å². The topological polar surface area (TPSA) is 57.7 Å². The standard InChI is InChI=1S/C15H13F2NO4/c1-20-11-7-12(14(19)21-2)13(18-8-11)9-3-5-10(6-4-9)22-15(16)17/h3-8,15H,1-2H3. The van der Waals surface area contributed by atoms with Crippen LogP contribution in [0.5, 0.6) is 11.5 Å². The second kappa shape index (κ2) is 6.84. The van der Waals surface area contributed by atoms with Crippen LogP contribution >= 0.6 is 0 Å². The summed E-state index contributed by atoms with van der Waals surface area (Å²) in [6.45, 7) is -2.89. The van der Waals surface area contributed by atoms with Crippen molar-refractivity contribution in [1.82, 2.24) is 4.98 Å². The third kappa shape index (κ3) is 3.49. The number of halogens is 2. The molecule has 7 heteroatoms. The molecule has 0 aliphatic rings. The molecule has 1 aromatic carbocycles. The molecular formula is C15H13F2NO4. The Kier molecular flexibility index (Phi) is 4.88. The van der Waals surface area contributed by atoms with Crippen LogP contribution < -0.4 is 9.47 Å². The quantitative estimate of drug-likeness (QED) is 0.794. The summed E-state index contributed by atoms with van der Waals surface area (Å²) in [6.07, 6.45) is 1.45. The maximum Gasteiger partial charge on any atom is 0.387 e. The number of rotatable bonds is 5. The largest absolute Gasteiger partial charge is 0.495 e. The number of hydrogen-bond donors (Lipinski definition) is 0. The smallest absolute Gasteiger partial charge is 0.387 e. The molecule has 0 aliphatic heterocycles. The monoisotopic (exact) mass is 309 g/mol. The summed E-state index contributed by atoms with van der Waals surface area (Å²) in [6, 6.07) is 7.29. The molecule has 0 unspecified atom stereocenters. The minimum atomic E-state index is -2.89. The minimum Gasteiger partial charge on any atom is -0.495 e. The Morgan fingerprint density at radius 2 is 1.82 bits per heavy atom. The fraction of sp³-hybridized carbons (Fsp3) is 0.200. The minimum absolute atomic E-state index is 0.0203. The van der Waals surface area contributed by atoms with Crippen LogP contribution in [-0.2, 0) is 4.74 Å². The van der Waals surface area contributed by atoms with Crippen molar-refractivity contribution in [3.8, 4) is 22.8 Å². The van der Waals surface area contributed by atoms with Crippen LogP contribution in [-0.4, -0.2) is 31.8 Å². The summed E-state index contributed by atoms with van der Waals surface area (Å²) in [5, 5.41) is 0. The van der Waals surface area contributed by atoms with Crippen LogP contribution in [0, 0.1) is 0 Å². The number of alkyl halides is 2. The number of ether oxygens (including phenoxy) is 3. The summed E-state index contributed by atoms with van der Waals surface area (Å²) < 4.78 is 38.3. The van der Waals surface area contributed by atoms with E-state index in [1.165, 1.54) is 50.7 Å². The van der Waals surface area contributed by atoms with Crippen molar-refractivity contribution in [2.75, 3.05) is 14.2 Å². The van der Waals surface area contributed by atoms with E-state index in [1.807, 2.05) is 0 Å². The van der Waals surface area contributed by atoms with E-state index < -0.39 is 12.6 Å². The van der Waals surface area contributed by atoms with Crippen LogP contribution in [0.2, 0.25) is 0 Å². The van der Waals surface area contributed by atoms with Crippen molar-refractivity contribution in [3.05, 3.63) is 42.1 Å². The summed E-state index contributed by atoms with van der Waals surface area (Å²) in [5.41, 5.74) is 1.13. The molecule has 0 amide bonds. The first kappa shape index (κ1) is 15.7. The van der Waals surface area contributed by atoms with E-state index in [0.29, 0.717) is 17.0 Å². The molecule has 2 aromatic rings. The van der Waals surface area contributed by atoms with Crippen molar-refractivity contribution in [2.45, 2.75) is 6.61 Å². The number of pyridine rings is 1. The fourth-order valence-electron chi connectivity index (χ4n) is 1.85. The average Bonchev–Trinajstić information content (AvgIpc) is 2.53. The predicted octanol–water partition coefficient (Wildman–Crippen LogP) is 3.15. The highest BCUT2D eigenvalue weighted by molar-refractivity contribution is 5.96. The highest BCUT2D eigenvalue weighted by Crippen LogP contribution is 2.27. The van der Waals surface area contributed by atoms with Gasteiger partial charge in [0.2, 0.25) is 0 Å². The summed E-state index contributed by atoms with van der Waals surface area (Å²) >= 11 is 0. The molecule has 0 aliphatic carbocycles. The van der Waals surface area contributed by atoms with Crippen molar-refractivity contribution < 1.29 is 27.8 Å². The van der Waals surface area contributed by atoms with E-state index in [-0.39, 0.29) is 11.3 Å². The first-order valence-electron chi connectivity index (χ1n) is 6.22. The Morgan fingerprint density at radius 1 is 1.14 bits per heavy atom. The number of benzene rings is 1. The zero-order valence-corrected chi connectivity index (χ0v) is 11.9. The van der Waals surface area contributed by atoms with E-state index in [0.717, 1.165) is 0 Å². The van der Waals surface area contributed by atoms with Gasteiger partial charge in [-0.1, -0.05) is 0 Å². The van der Waals surface area contributed by atoms with Gasteiger partial charge in [0.1, 0.15) is 11.5 Å². The van der Waals surface area contributed by atoms with Gasteiger partial charge in [-0.3, -0.25) is 4.98 Å². The van der Waals surface area contributed by atoms with E-state index in [2.05, 4.69) is 9.72 Å². The second-order valence-electron chi connectivity index (χ2n) is 4.17. The van der Waals surface area contributed by atoms with Crippen molar-refractivity contribution in [3.63, 3.8) is 0 Å². The molecule has 0 N–H and O–H groups in total. The number of methoxy groups -OCH3 is 2.